The summed E-state index contributed by atoms with van der Waals surface area (Å²) >= 11 is 1.78. The summed E-state index contributed by atoms with van der Waals surface area (Å²) in [5.41, 5.74) is 10.6. The van der Waals surface area contributed by atoms with Crippen LogP contribution in [0.15, 0.2) is 170 Å². The van der Waals surface area contributed by atoms with Crippen molar-refractivity contribution >= 4 is 97.1 Å². The molecule has 0 radical (unpaired) electrons. The van der Waals surface area contributed by atoms with Gasteiger partial charge in [-0.15, -0.1) is 11.3 Å². The Morgan fingerprint density at radius 2 is 0.788 bits per heavy atom. The van der Waals surface area contributed by atoms with Crippen LogP contribution in [0.3, 0.4) is 0 Å². The molecule has 0 saturated carbocycles. The minimum Gasteiger partial charge on any atom is -0.309 e. The number of nitrogens with zero attached hydrogens (tertiary/aromatic N) is 4. The van der Waals surface area contributed by atoms with E-state index in [1.807, 2.05) is 6.20 Å². The van der Waals surface area contributed by atoms with Crippen molar-refractivity contribution in [3.63, 3.8) is 0 Å². The molecular formula is C47H28N4S. The zero-order valence-corrected chi connectivity index (χ0v) is 28.7. The molecule has 5 heterocycles. The SMILES string of the molecule is c1cc(-n2c3ccccc3c3cc(-n4c5ccccc5c5ccccc54)ccc32)c2sc3ncc(-n4c5ccccc5c5ccccc54)cc3c2c1. The molecule has 7 aromatic carbocycles. The predicted molar refractivity (Wildman–Crippen MR) is 220 cm³/mol. The summed E-state index contributed by atoms with van der Waals surface area (Å²) in [5.74, 6) is 0. The summed E-state index contributed by atoms with van der Waals surface area (Å²) in [5, 5.41) is 9.92. The highest BCUT2D eigenvalue weighted by atomic mass is 32.1. The van der Waals surface area contributed by atoms with Gasteiger partial charge in [0.1, 0.15) is 4.83 Å². The van der Waals surface area contributed by atoms with Crippen LogP contribution in [0, 0.1) is 0 Å². The molecule has 5 aromatic heterocycles. The highest BCUT2D eigenvalue weighted by molar-refractivity contribution is 7.25. The molecule has 0 spiro atoms. The third-order valence-corrected chi connectivity index (χ3v) is 12.0. The third kappa shape index (κ3) is 3.72. The first-order valence-corrected chi connectivity index (χ1v) is 18.5. The molecule has 0 aliphatic carbocycles. The minimum atomic E-state index is 1.04. The van der Waals surface area contributed by atoms with Gasteiger partial charge in [-0.25, -0.2) is 4.98 Å². The zero-order valence-electron chi connectivity index (χ0n) is 27.9. The van der Waals surface area contributed by atoms with Gasteiger partial charge in [0.15, 0.2) is 0 Å². The normalized spacial score (nSPS) is 12.2. The average Bonchev–Trinajstić information content (AvgIpc) is 3.94. The summed E-state index contributed by atoms with van der Waals surface area (Å²) in [6, 6.07) is 59.6. The molecular weight excluding hydrogens is 653 g/mol. The third-order valence-electron chi connectivity index (χ3n) is 10.9. The van der Waals surface area contributed by atoms with Gasteiger partial charge < -0.3 is 13.7 Å². The average molecular weight is 681 g/mol. The summed E-state index contributed by atoms with van der Waals surface area (Å²) in [4.78, 5) is 6.15. The standard InChI is InChI=1S/C47H28N4S/c1-6-18-39-31(12-1)32-13-2-7-19-40(32)49(39)29-24-25-44-37(26-29)35-16-5-10-22-43(35)51(44)45-23-11-17-36-38-27-30(28-48-47(38)52-46(36)45)50-41-20-8-3-14-33(41)34-15-4-9-21-42(34)50/h1-28H. The van der Waals surface area contributed by atoms with Gasteiger partial charge in [-0.05, 0) is 60.7 Å². The van der Waals surface area contributed by atoms with E-state index in [1.54, 1.807) is 11.3 Å². The van der Waals surface area contributed by atoms with E-state index in [4.69, 9.17) is 4.98 Å². The second kappa shape index (κ2) is 10.4. The van der Waals surface area contributed by atoms with Crippen molar-refractivity contribution in [3.8, 4) is 17.1 Å². The maximum absolute atomic E-state index is 5.11. The second-order valence-corrected chi connectivity index (χ2v) is 14.6. The summed E-state index contributed by atoms with van der Waals surface area (Å²) in [6.45, 7) is 0. The second-order valence-electron chi connectivity index (χ2n) is 13.6. The number of thiophene rings is 1. The van der Waals surface area contributed by atoms with Crippen LogP contribution in [-0.2, 0) is 0 Å². The first-order valence-electron chi connectivity index (χ1n) is 17.6. The molecule has 5 heteroatoms. The van der Waals surface area contributed by atoms with E-state index in [-0.39, 0.29) is 0 Å². The summed E-state index contributed by atoms with van der Waals surface area (Å²) in [7, 11) is 0. The van der Waals surface area contributed by atoms with Crippen molar-refractivity contribution in [3.05, 3.63) is 170 Å². The zero-order chi connectivity index (χ0) is 33.9. The fourth-order valence-corrected chi connectivity index (χ4v) is 9.85. The molecule has 242 valence electrons. The van der Waals surface area contributed by atoms with E-state index < -0.39 is 0 Å². The number of para-hydroxylation sites is 5. The summed E-state index contributed by atoms with van der Waals surface area (Å²) < 4.78 is 8.44. The number of fused-ring (bicyclic) bond motifs is 12. The Balaban J connectivity index is 1.09. The van der Waals surface area contributed by atoms with Crippen LogP contribution < -0.4 is 0 Å². The molecule has 0 fully saturated rings. The molecule has 0 aliphatic rings. The fourth-order valence-electron chi connectivity index (χ4n) is 8.72. The van der Waals surface area contributed by atoms with Crippen LogP contribution in [0.25, 0.3) is 103 Å². The lowest BCUT2D eigenvalue weighted by molar-refractivity contribution is 1.16. The van der Waals surface area contributed by atoms with Gasteiger partial charge in [0.2, 0.25) is 0 Å². The Morgan fingerprint density at radius 1 is 0.346 bits per heavy atom. The van der Waals surface area contributed by atoms with Crippen LogP contribution >= 0.6 is 11.3 Å². The van der Waals surface area contributed by atoms with E-state index >= 15 is 0 Å². The van der Waals surface area contributed by atoms with Gasteiger partial charge in [0.05, 0.1) is 55.4 Å². The van der Waals surface area contributed by atoms with Gasteiger partial charge in [0.25, 0.3) is 0 Å². The lowest BCUT2D eigenvalue weighted by Crippen LogP contribution is -1.96. The molecule has 0 aliphatic heterocycles. The van der Waals surface area contributed by atoms with Crippen molar-refractivity contribution in [2.75, 3.05) is 0 Å². The minimum absolute atomic E-state index is 1.04. The van der Waals surface area contributed by atoms with Crippen molar-refractivity contribution < 1.29 is 0 Å². The van der Waals surface area contributed by atoms with Crippen molar-refractivity contribution in [1.29, 1.82) is 0 Å². The summed E-state index contributed by atoms with van der Waals surface area (Å²) in [6.07, 6.45) is 2.03. The molecule has 0 amide bonds. The van der Waals surface area contributed by atoms with Crippen LogP contribution in [0.2, 0.25) is 0 Å². The number of hydrogen-bond donors (Lipinski definition) is 0. The predicted octanol–water partition coefficient (Wildman–Crippen LogP) is 12.7. The van der Waals surface area contributed by atoms with Gasteiger partial charge in [0, 0.05) is 48.8 Å². The quantitative estimate of drug-likeness (QED) is 0.182. The largest absolute Gasteiger partial charge is 0.309 e. The molecule has 52 heavy (non-hydrogen) atoms. The smallest absolute Gasteiger partial charge is 0.124 e. The van der Waals surface area contributed by atoms with Crippen molar-refractivity contribution in [2.24, 2.45) is 0 Å². The fraction of sp³-hybridized carbons (Fsp3) is 0. The molecule has 12 aromatic rings. The molecule has 0 unspecified atom stereocenters. The lowest BCUT2D eigenvalue weighted by atomic mass is 10.1. The van der Waals surface area contributed by atoms with E-state index in [9.17, 15) is 0 Å². The number of benzene rings is 7. The first-order chi connectivity index (χ1) is 25.8. The Morgan fingerprint density at radius 3 is 1.37 bits per heavy atom. The number of aromatic nitrogens is 4. The van der Waals surface area contributed by atoms with Crippen LogP contribution in [0.1, 0.15) is 0 Å². The van der Waals surface area contributed by atoms with E-state index in [0.29, 0.717) is 0 Å². The maximum Gasteiger partial charge on any atom is 0.124 e. The highest BCUT2D eigenvalue weighted by Gasteiger charge is 2.20. The van der Waals surface area contributed by atoms with Crippen molar-refractivity contribution in [2.45, 2.75) is 0 Å². The van der Waals surface area contributed by atoms with Gasteiger partial charge >= 0.3 is 0 Å². The highest BCUT2D eigenvalue weighted by Crippen LogP contribution is 2.42. The number of pyridine rings is 1. The topological polar surface area (TPSA) is 27.7 Å². The lowest BCUT2D eigenvalue weighted by Gasteiger charge is -2.11. The molecule has 0 N–H and O–H groups in total. The van der Waals surface area contributed by atoms with Crippen LogP contribution in [0.5, 0.6) is 0 Å². The monoisotopic (exact) mass is 680 g/mol. The van der Waals surface area contributed by atoms with Gasteiger partial charge in [-0.2, -0.15) is 0 Å². The molecule has 12 rings (SSSR count). The number of hydrogen-bond acceptors (Lipinski definition) is 2. The Kier molecular flexibility index (Phi) is 5.62. The maximum atomic E-state index is 5.11. The Bertz CT molecular complexity index is 3320. The Labute approximate surface area is 301 Å². The van der Waals surface area contributed by atoms with Crippen LogP contribution in [-0.4, -0.2) is 18.7 Å². The molecule has 0 saturated heterocycles. The van der Waals surface area contributed by atoms with E-state index in [0.717, 1.165) is 16.2 Å². The van der Waals surface area contributed by atoms with E-state index in [2.05, 4.69) is 177 Å². The Hall–Kier alpha value is -6.69. The van der Waals surface area contributed by atoms with E-state index in [1.165, 1.54) is 86.6 Å². The molecule has 0 atom stereocenters. The molecule has 4 nitrogen and oxygen atoms in total. The van der Waals surface area contributed by atoms with Crippen LogP contribution in [0.4, 0.5) is 0 Å². The molecule has 0 bridgehead atoms. The van der Waals surface area contributed by atoms with Crippen molar-refractivity contribution in [1.82, 2.24) is 18.7 Å². The number of rotatable bonds is 3. The first kappa shape index (κ1) is 28.1. The van der Waals surface area contributed by atoms with Gasteiger partial charge in [-0.3, -0.25) is 0 Å². The van der Waals surface area contributed by atoms with Gasteiger partial charge in [-0.1, -0.05) is 103 Å².